The average Bonchev–Trinajstić information content (AvgIpc) is 1.27. The Kier molecular flexibility index (Phi) is 27.6. The molecule has 1 aromatic heterocycles. The number of H-pyrrole nitrogens is 1. The summed E-state index contributed by atoms with van der Waals surface area (Å²) in [5.41, 5.74) is 11.8. The standard InChI is InChI=1S/C63H79N7O9S.C10H13NO2/c1-41(2)54(58(74)68-52(59(75)76)35-37-80-63(44-22-12-9-13-23-44,45-24-14-10-15-25-45)46-26-16-11-17-27-46)70-56(72)51(30-20-21-36-65-60(77)79-62(6,7)8)67-57(73)53(39-43-40-66-50-29-19-18-28-48(43)50)69-55(71)49(64)38-42-31-33-47(34-32-42)78-61(3,4)5;1-11-9(10(12)13)7-8-5-3-2-4-6-8/h9-19,22-29,31-34,40-41,49,51-54,66H,20-21,30,35-39,64H2,1-8H3,(H,65,77)(H,67,73)(H,68,74)(H,69,71)(H,70,72)(H,75,76);2-6,9,11H,7H2,1H3,(H,12,13)/t49-,51-,52-,53+,54-;9-/m00/s1. The summed E-state index contributed by atoms with van der Waals surface area (Å²) < 4.78 is 10.6. The van der Waals surface area contributed by atoms with Gasteiger partial charge in [-0.1, -0.05) is 166 Å². The number of aliphatic carboxylic acids is 2. The van der Waals surface area contributed by atoms with Crippen LogP contribution in [0.3, 0.4) is 0 Å². The highest BCUT2D eigenvalue weighted by molar-refractivity contribution is 8.00. The summed E-state index contributed by atoms with van der Waals surface area (Å²) in [4.78, 5) is 97.1. The van der Waals surface area contributed by atoms with Crippen molar-refractivity contribution in [2.75, 3.05) is 19.3 Å². The molecular weight excluding hydrogens is 1200 g/mol. The Morgan fingerprint density at radius 2 is 1.04 bits per heavy atom. The van der Waals surface area contributed by atoms with Gasteiger partial charge in [-0.3, -0.25) is 24.0 Å². The molecule has 0 saturated heterocycles. The Morgan fingerprint density at radius 1 is 0.538 bits per heavy atom. The van der Waals surface area contributed by atoms with Gasteiger partial charge in [0.1, 0.15) is 47.2 Å². The highest BCUT2D eigenvalue weighted by Gasteiger charge is 2.39. The summed E-state index contributed by atoms with van der Waals surface area (Å²) in [6, 6.07) is 47.8. The highest BCUT2D eigenvalue weighted by atomic mass is 32.2. The molecule has 0 spiro atoms. The molecule has 7 aromatic rings. The van der Waals surface area contributed by atoms with Crippen LogP contribution in [0.2, 0.25) is 0 Å². The van der Waals surface area contributed by atoms with E-state index in [1.807, 2.05) is 154 Å². The van der Waals surface area contributed by atoms with Gasteiger partial charge in [-0.2, -0.15) is 0 Å². The molecule has 0 saturated carbocycles. The number of benzene rings is 6. The summed E-state index contributed by atoms with van der Waals surface area (Å²) >= 11 is 1.57. The van der Waals surface area contributed by atoms with E-state index in [0.29, 0.717) is 30.8 Å². The van der Waals surface area contributed by atoms with Gasteiger partial charge in [0.05, 0.1) is 10.8 Å². The normalized spacial score (nSPS) is 13.5. The number of unbranched alkanes of at least 4 members (excludes halogenated alkanes) is 1. The maximum Gasteiger partial charge on any atom is 0.407 e. The molecule has 7 rings (SSSR count). The van der Waals surface area contributed by atoms with Crippen molar-refractivity contribution in [2.24, 2.45) is 11.7 Å². The van der Waals surface area contributed by atoms with Crippen molar-refractivity contribution in [1.82, 2.24) is 36.9 Å². The van der Waals surface area contributed by atoms with Crippen molar-refractivity contribution in [1.29, 1.82) is 0 Å². The number of ether oxygens (including phenoxy) is 2. The van der Waals surface area contributed by atoms with Crippen LogP contribution in [0.1, 0.15) is 114 Å². The van der Waals surface area contributed by atoms with Crippen molar-refractivity contribution >= 4 is 64.3 Å². The van der Waals surface area contributed by atoms with E-state index in [1.54, 1.807) is 59.6 Å². The number of fused-ring (bicyclic) bond motifs is 1. The maximum atomic E-state index is 14.7. The second-order valence-corrected chi connectivity index (χ2v) is 26.5. The van der Waals surface area contributed by atoms with Crippen LogP contribution >= 0.6 is 11.8 Å². The molecule has 6 aromatic carbocycles. The molecule has 0 unspecified atom stereocenters. The monoisotopic (exact) mass is 1290 g/mol. The van der Waals surface area contributed by atoms with Crippen molar-refractivity contribution in [2.45, 2.75) is 153 Å². The zero-order valence-electron chi connectivity index (χ0n) is 54.7. The van der Waals surface area contributed by atoms with Crippen LogP contribution in [0, 0.1) is 5.92 Å². The van der Waals surface area contributed by atoms with Crippen molar-refractivity contribution in [3.8, 4) is 5.75 Å². The van der Waals surface area contributed by atoms with Gasteiger partial charge in [-0.05, 0) is 150 Å². The molecule has 93 heavy (non-hydrogen) atoms. The van der Waals surface area contributed by atoms with E-state index in [9.17, 15) is 38.7 Å². The minimum Gasteiger partial charge on any atom is -0.488 e. The van der Waals surface area contributed by atoms with Crippen molar-refractivity contribution < 1.29 is 53.2 Å². The number of para-hydroxylation sites is 1. The Hall–Kier alpha value is -8.98. The first-order chi connectivity index (χ1) is 44.3. The number of thioether (sulfide) groups is 1. The zero-order valence-corrected chi connectivity index (χ0v) is 55.5. The molecule has 0 aliphatic rings. The number of carboxylic acid groups (broad SMARTS) is 2. The fraction of sp³-hybridized carbons (Fsp3) is 0.384. The third-order valence-corrected chi connectivity index (χ3v) is 16.7. The summed E-state index contributed by atoms with van der Waals surface area (Å²) in [5, 5.41) is 37.0. The Bertz CT molecular complexity index is 3410. The lowest BCUT2D eigenvalue weighted by Crippen LogP contribution is -2.59. The molecule has 5 amide bonds. The lowest BCUT2D eigenvalue weighted by atomic mass is 9.84. The van der Waals surface area contributed by atoms with E-state index in [-0.39, 0.29) is 32.2 Å². The number of alkyl carbamates (subject to hydrolysis) is 1. The molecule has 1 heterocycles. The van der Waals surface area contributed by atoms with Crippen LogP contribution in [-0.2, 0) is 57.5 Å². The summed E-state index contributed by atoms with van der Waals surface area (Å²) in [7, 11) is 1.65. The molecule has 0 bridgehead atoms. The predicted molar refractivity (Wildman–Crippen MR) is 366 cm³/mol. The maximum absolute atomic E-state index is 14.7. The first-order valence-corrected chi connectivity index (χ1v) is 32.5. The number of amides is 5. The van der Waals surface area contributed by atoms with Gasteiger partial charge in [-0.15, -0.1) is 11.8 Å². The van der Waals surface area contributed by atoms with E-state index in [0.717, 1.165) is 44.3 Å². The SMILES string of the molecule is CC(C)[C@H](NC(=O)[C@H](CCCCNC(=O)OC(C)(C)C)NC(=O)[C@@H](Cc1c[nH]c2ccccc12)NC(=O)[C@@H](N)Cc1ccc(OC(C)(C)C)cc1)C(=O)N[C@@H](CCSC(c1ccccc1)(c1ccccc1)c1ccccc1)C(=O)O.CN[C@@H](Cc1ccccc1)C(=O)O. The topological polar surface area (TPSA) is 292 Å². The lowest BCUT2D eigenvalue weighted by Gasteiger charge is -2.36. The van der Waals surface area contributed by atoms with Crippen LogP contribution in [0.25, 0.3) is 10.9 Å². The molecule has 11 N–H and O–H groups in total. The molecular formula is C73H92N8O11S. The highest BCUT2D eigenvalue weighted by Crippen LogP contribution is 2.48. The van der Waals surface area contributed by atoms with Gasteiger partial charge in [0, 0.05) is 30.1 Å². The second-order valence-electron chi connectivity index (χ2n) is 25.2. The number of carbonyl (C=O) groups is 7. The minimum atomic E-state index is -1.33. The summed E-state index contributed by atoms with van der Waals surface area (Å²) in [6.45, 7) is 14.8. The lowest BCUT2D eigenvalue weighted by molar-refractivity contribution is -0.142. The molecule has 6 atom stereocenters. The molecule has 496 valence electrons. The number of nitrogens with two attached hydrogens (primary N) is 1. The van der Waals surface area contributed by atoms with E-state index in [2.05, 4.69) is 73.3 Å². The number of aromatic nitrogens is 1. The van der Waals surface area contributed by atoms with E-state index < -0.39 is 99.8 Å². The van der Waals surface area contributed by atoms with E-state index >= 15 is 0 Å². The molecule has 0 aliphatic heterocycles. The van der Waals surface area contributed by atoms with Crippen LogP contribution in [-0.4, -0.2) is 124 Å². The number of hydrogen-bond donors (Lipinski definition) is 10. The number of carbonyl (C=O) groups excluding carboxylic acids is 5. The fourth-order valence-electron chi connectivity index (χ4n) is 10.5. The Labute approximate surface area is 550 Å². The van der Waals surface area contributed by atoms with Crippen LogP contribution in [0.5, 0.6) is 5.75 Å². The minimum absolute atomic E-state index is 0.0242. The fourth-order valence-corrected chi connectivity index (χ4v) is 12.1. The van der Waals surface area contributed by atoms with Gasteiger partial charge >= 0.3 is 18.0 Å². The van der Waals surface area contributed by atoms with Crippen LogP contribution in [0.15, 0.2) is 176 Å². The summed E-state index contributed by atoms with van der Waals surface area (Å²) in [6.07, 6.45) is 2.67. The number of carboxylic acids is 2. The van der Waals surface area contributed by atoms with Crippen LogP contribution < -0.4 is 42.4 Å². The van der Waals surface area contributed by atoms with Gasteiger partial charge in [-0.25, -0.2) is 9.59 Å². The van der Waals surface area contributed by atoms with Crippen molar-refractivity contribution in [3.63, 3.8) is 0 Å². The van der Waals surface area contributed by atoms with Crippen molar-refractivity contribution in [3.05, 3.63) is 209 Å². The largest absolute Gasteiger partial charge is 0.488 e. The molecule has 19 nitrogen and oxygen atoms in total. The number of likely N-dealkylation sites (N-methyl/N-ethyl adjacent to an activating group) is 1. The van der Waals surface area contributed by atoms with Gasteiger partial charge < -0.3 is 62.3 Å². The Balaban J connectivity index is 0.000000938. The third-order valence-electron chi connectivity index (χ3n) is 15.1. The first kappa shape index (κ1) is 73.1. The predicted octanol–water partition coefficient (Wildman–Crippen LogP) is 9.85. The number of aromatic amines is 1. The van der Waals surface area contributed by atoms with E-state index in [4.69, 9.17) is 20.3 Å². The average molecular weight is 1290 g/mol. The number of hydrogen-bond acceptors (Lipinski definition) is 12. The quantitative estimate of drug-likeness (QED) is 0.0143. The Morgan fingerprint density at radius 3 is 1.57 bits per heavy atom. The molecule has 20 heteroatoms. The third kappa shape index (κ3) is 23.0. The number of nitrogens with one attached hydrogen (secondary N) is 7. The van der Waals surface area contributed by atoms with Gasteiger partial charge in [0.25, 0.3) is 0 Å². The first-order valence-electron chi connectivity index (χ1n) is 31.5. The second kappa shape index (κ2) is 35.2. The van der Waals surface area contributed by atoms with Gasteiger partial charge in [0.2, 0.25) is 23.6 Å². The van der Waals surface area contributed by atoms with Gasteiger partial charge in [0.15, 0.2) is 0 Å². The van der Waals surface area contributed by atoms with E-state index in [1.165, 1.54) is 0 Å². The van der Waals surface area contributed by atoms with Crippen LogP contribution in [0.4, 0.5) is 4.79 Å². The molecule has 0 fully saturated rings. The summed E-state index contributed by atoms with van der Waals surface area (Å²) in [5.74, 6) is -4.31. The smallest absolute Gasteiger partial charge is 0.407 e. The zero-order chi connectivity index (χ0) is 67.7. The molecule has 0 aliphatic carbocycles. The number of rotatable bonds is 31. The molecule has 0 radical (unpaired) electrons.